The van der Waals surface area contributed by atoms with Gasteiger partial charge in [-0.15, -0.1) is 0 Å². The van der Waals surface area contributed by atoms with Crippen LogP contribution in [-0.4, -0.2) is 77.6 Å². The molecule has 2 aliphatic heterocycles. The van der Waals surface area contributed by atoms with E-state index in [1.807, 2.05) is 4.90 Å². The Morgan fingerprint density at radius 2 is 2.04 bits per heavy atom. The summed E-state index contributed by atoms with van der Waals surface area (Å²) in [7, 11) is 0. The normalized spacial score (nSPS) is 25.3. The van der Waals surface area contributed by atoms with E-state index in [1.165, 1.54) is 19.3 Å². The van der Waals surface area contributed by atoms with Crippen molar-refractivity contribution in [3.8, 4) is 0 Å². The molecule has 0 unspecified atom stereocenters. The van der Waals surface area contributed by atoms with Crippen LogP contribution in [0.1, 0.15) is 42.5 Å². The Hall–Kier alpha value is -1.99. The van der Waals surface area contributed by atoms with E-state index in [1.54, 1.807) is 24.5 Å². The van der Waals surface area contributed by atoms with E-state index >= 15 is 0 Å². The number of carbonyl (C=O) groups is 2. The lowest BCUT2D eigenvalue weighted by atomic mass is 9.89. The zero-order chi connectivity index (χ0) is 18.6. The molecule has 3 aliphatic rings. The first-order valence-electron chi connectivity index (χ1n) is 10.0. The first-order valence-corrected chi connectivity index (χ1v) is 10.0. The molecule has 7 heteroatoms. The van der Waals surface area contributed by atoms with Gasteiger partial charge in [-0.2, -0.15) is 0 Å². The van der Waals surface area contributed by atoms with Crippen molar-refractivity contribution in [2.45, 2.75) is 50.3 Å². The minimum Gasteiger partial charge on any atom is -0.365 e. The number of ether oxygens (including phenoxy) is 1. The van der Waals surface area contributed by atoms with Gasteiger partial charge in [-0.1, -0.05) is 6.42 Å². The van der Waals surface area contributed by atoms with E-state index in [9.17, 15) is 9.59 Å². The van der Waals surface area contributed by atoms with Crippen LogP contribution in [0.15, 0.2) is 24.5 Å². The third-order valence-corrected chi connectivity index (χ3v) is 6.11. The Bertz CT molecular complexity index is 656. The van der Waals surface area contributed by atoms with Crippen LogP contribution in [-0.2, 0) is 9.53 Å². The summed E-state index contributed by atoms with van der Waals surface area (Å²) in [4.78, 5) is 33.1. The number of morpholine rings is 1. The van der Waals surface area contributed by atoms with E-state index < -0.39 is 0 Å². The van der Waals surface area contributed by atoms with Gasteiger partial charge in [-0.3, -0.25) is 14.6 Å². The molecule has 1 aliphatic carbocycles. The number of amides is 2. The van der Waals surface area contributed by atoms with Crippen molar-refractivity contribution in [3.63, 3.8) is 0 Å². The van der Waals surface area contributed by atoms with Crippen molar-refractivity contribution in [3.05, 3.63) is 30.1 Å². The average Bonchev–Trinajstić information content (AvgIpc) is 2.67. The van der Waals surface area contributed by atoms with Crippen LogP contribution in [0.5, 0.6) is 0 Å². The Morgan fingerprint density at radius 1 is 1.22 bits per heavy atom. The minimum absolute atomic E-state index is 0.0759. The molecule has 0 aromatic carbocycles. The molecule has 3 heterocycles. The summed E-state index contributed by atoms with van der Waals surface area (Å²) in [5, 5.41) is 2.89. The van der Waals surface area contributed by atoms with Gasteiger partial charge in [0.05, 0.1) is 11.7 Å². The van der Waals surface area contributed by atoms with E-state index in [-0.39, 0.29) is 24.5 Å². The molecule has 27 heavy (non-hydrogen) atoms. The smallest absolute Gasteiger partial charge is 0.252 e. The number of likely N-dealkylation sites (tertiary alicyclic amines) is 1. The molecule has 1 aromatic heterocycles. The van der Waals surface area contributed by atoms with Gasteiger partial charge >= 0.3 is 0 Å². The Morgan fingerprint density at radius 3 is 2.70 bits per heavy atom. The third kappa shape index (κ3) is 4.30. The Kier molecular flexibility index (Phi) is 5.69. The lowest BCUT2D eigenvalue weighted by molar-refractivity contribution is -0.153. The standard InChI is InChI=1S/C20H28N4O3/c25-19-14-27-18(12-22-20(26)15-3-2-8-21-11-15)13-24(19)17-6-9-23(10-7-17)16-4-1-5-16/h2-3,8,11,16-18H,1,4-7,9-10,12-14H2,(H,22,26)/t18-/m1/s1. The predicted octanol–water partition coefficient (Wildman–Crippen LogP) is 1.06. The van der Waals surface area contributed by atoms with Crippen LogP contribution >= 0.6 is 0 Å². The molecule has 1 saturated carbocycles. The maximum Gasteiger partial charge on any atom is 0.252 e. The summed E-state index contributed by atoms with van der Waals surface area (Å²) in [5.74, 6) is -0.0871. The largest absolute Gasteiger partial charge is 0.365 e. The van der Waals surface area contributed by atoms with Crippen LogP contribution in [0.2, 0.25) is 0 Å². The summed E-state index contributed by atoms with van der Waals surface area (Å²) in [5.41, 5.74) is 0.532. The molecule has 1 atom stereocenters. The van der Waals surface area contributed by atoms with Crippen LogP contribution in [0.25, 0.3) is 0 Å². The Balaban J connectivity index is 1.27. The van der Waals surface area contributed by atoms with E-state index in [4.69, 9.17) is 4.74 Å². The number of pyridine rings is 1. The highest BCUT2D eigenvalue weighted by Crippen LogP contribution is 2.29. The van der Waals surface area contributed by atoms with E-state index in [2.05, 4.69) is 15.2 Å². The second kappa shape index (κ2) is 8.35. The van der Waals surface area contributed by atoms with Crippen molar-refractivity contribution >= 4 is 11.8 Å². The molecule has 2 amide bonds. The molecular formula is C20H28N4O3. The molecular weight excluding hydrogens is 344 g/mol. The molecule has 2 saturated heterocycles. The van der Waals surface area contributed by atoms with Crippen molar-refractivity contribution < 1.29 is 14.3 Å². The van der Waals surface area contributed by atoms with Crippen LogP contribution in [0.3, 0.4) is 0 Å². The maximum atomic E-state index is 12.4. The number of carbonyl (C=O) groups excluding carboxylic acids is 2. The van der Waals surface area contributed by atoms with Crippen molar-refractivity contribution in [2.75, 3.05) is 32.8 Å². The monoisotopic (exact) mass is 372 g/mol. The summed E-state index contributed by atoms with van der Waals surface area (Å²) >= 11 is 0. The molecule has 7 nitrogen and oxygen atoms in total. The highest BCUT2D eigenvalue weighted by molar-refractivity contribution is 5.93. The minimum atomic E-state index is -0.163. The fourth-order valence-corrected chi connectivity index (χ4v) is 4.24. The first-order chi connectivity index (χ1) is 13.2. The van der Waals surface area contributed by atoms with Gasteiger partial charge in [0, 0.05) is 50.7 Å². The predicted molar refractivity (Wildman–Crippen MR) is 100 cm³/mol. The van der Waals surface area contributed by atoms with E-state index in [0.717, 1.165) is 32.0 Å². The molecule has 146 valence electrons. The van der Waals surface area contributed by atoms with Crippen LogP contribution in [0.4, 0.5) is 0 Å². The van der Waals surface area contributed by atoms with Crippen LogP contribution < -0.4 is 5.32 Å². The summed E-state index contributed by atoms with van der Waals surface area (Å²) < 4.78 is 5.65. The fourth-order valence-electron chi connectivity index (χ4n) is 4.24. The molecule has 1 N–H and O–H groups in total. The number of hydrogen-bond donors (Lipinski definition) is 1. The first kappa shape index (κ1) is 18.4. The summed E-state index contributed by atoms with van der Waals surface area (Å²) in [6.45, 7) is 3.24. The summed E-state index contributed by atoms with van der Waals surface area (Å²) in [6, 6.07) is 4.55. The van der Waals surface area contributed by atoms with Crippen molar-refractivity contribution in [1.29, 1.82) is 0 Å². The van der Waals surface area contributed by atoms with Gasteiger partial charge < -0.3 is 19.9 Å². The lowest BCUT2D eigenvalue weighted by Gasteiger charge is -2.45. The average molecular weight is 372 g/mol. The molecule has 0 spiro atoms. The van der Waals surface area contributed by atoms with Gasteiger partial charge in [0.25, 0.3) is 5.91 Å². The molecule has 3 fully saturated rings. The van der Waals surface area contributed by atoms with Gasteiger partial charge in [-0.05, 0) is 37.8 Å². The number of aromatic nitrogens is 1. The molecule has 1 aromatic rings. The number of nitrogens with one attached hydrogen (secondary N) is 1. The van der Waals surface area contributed by atoms with Crippen molar-refractivity contribution in [2.24, 2.45) is 0 Å². The fraction of sp³-hybridized carbons (Fsp3) is 0.650. The maximum absolute atomic E-state index is 12.4. The number of rotatable bonds is 5. The van der Waals surface area contributed by atoms with Gasteiger partial charge in [-0.25, -0.2) is 0 Å². The van der Waals surface area contributed by atoms with Gasteiger partial charge in [0.1, 0.15) is 6.61 Å². The van der Waals surface area contributed by atoms with E-state index in [0.29, 0.717) is 24.7 Å². The lowest BCUT2D eigenvalue weighted by Crippen LogP contribution is -2.57. The van der Waals surface area contributed by atoms with Crippen molar-refractivity contribution in [1.82, 2.24) is 20.1 Å². The summed E-state index contributed by atoms with van der Waals surface area (Å²) in [6.07, 6.45) is 9.13. The third-order valence-electron chi connectivity index (χ3n) is 6.11. The molecule has 0 bridgehead atoms. The zero-order valence-corrected chi connectivity index (χ0v) is 15.7. The second-order valence-corrected chi connectivity index (χ2v) is 7.78. The highest BCUT2D eigenvalue weighted by Gasteiger charge is 2.35. The number of piperidine rings is 1. The Labute approximate surface area is 160 Å². The van der Waals surface area contributed by atoms with Gasteiger partial charge in [0.2, 0.25) is 5.91 Å². The zero-order valence-electron chi connectivity index (χ0n) is 15.7. The van der Waals surface area contributed by atoms with Gasteiger partial charge in [0.15, 0.2) is 0 Å². The number of nitrogens with zero attached hydrogens (tertiary/aromatic N) is 3. The highest BCUT2D eigenvalue weighted by atomic mass is 16.5. The quantitative estimate of drug-likeness (QED) is 0.836. The number of hydrogen-bond acceptors (Lipinski definition) is 5. The topological polar surface area (TPSA) is 74.8 Å². The second-order valence-electron chi connectivity index (χ2n) is 7.78. The van der Waals surface area contributed by atoms with Crippen LogP contribution in [0, 0.1) is 0 Å². The molecule has 0 radical (unpaired) electrons. The molecule has 4 rings (SSSR count). The SMILES string of the molecule is O=C(NC[C@@H]1CN(C2CCN(C3CCC3)CC2)C(=O)CO1)c1cccnc1.